The average Bonchev–Trinajstić information content (AvgIpc) is 2.60. The van der Waals surface area contributed by atoms with Crippen LogP contribution in [-0.2, 0) is 9.59 Å². The van der Waals surface area contributed by atoms with Gasteiger partial charge in [0.2, 0.25) is 0 Å². The highest BCUT2D eigenvalue weighted by Crippen LogP contribution is 2.38. The molecule has 1 atom stereocenters. The van der Waals surface area contributed by atoms with E-state index in [0.29, 0.717) is 28.7 Å². The molecule has 25 heavy (non-hydrogen) atoms. The molecule has 1 unspecified atom stereocenters. The van der Waals surface area contributed by atoms with Gasteiger partial charge in [-0.25, -0.2) is 0 Å². The van der Waals surface area contributed by atoms with Gasteiger partial charge in [-0.3, -0.25) is 9.59 Å². The summed E-state index contributed by atoms with van der Waals surface area (Å²) in [5.74, 6) is -0.585. The van der Waals surface area contributed by atoms with Crippen molar-refractivity contribution >= 4 is 46.4 Å². The molecule has 5 nitrogen and oxygen atoms in total. The fourth-order valence-corrected chi connectivity index (χ4v) is 3.04. The van der Waals surface area contributed by atoms with Crippen molar-refractivity contribution in [2.45, 2.75) is 19.4 Å². The number of nitrogens with one attached hydrogen (secondary N) is 1. The standard InChI is InChI=1S/C18H16Cl2N2O3/c1-3-22-13-9-4-5-10-14(13)25-18(2,17(22)24)16(23)21-12-8-6-7-11(19)15(12)20/h4-10H,3H2,1-2H3,(H,21,23). The number of nitrogens with zero attached hydrogens (tertiary/aromatic N) is 1. The first-order valence-electron chi connectivity index (χ1n) is 7.74. The highest BCUT2D eigenvalue weighted by Gasteiger charge is 2.50. The topological polar surface area (TPSA) is 58.6 Å². The molecule has 1 aliphatic heterocycles. The monoisotopic (exact) mass is 378 g/mol. The molecule has 0 fully saturated rings. The molecule has 0 saturated carbocycles. The number of fused-ring (bicyclic) bond motifs is 1. The number of ether oxygens (including phenoxy) is 1. The minimum atomic E-state index is -1.71. The molecule has 7 heteroatoms. The Kier molecular flexibility index (Phi) is 4.62. The molecule has 0 aromatic heterocycles. The number of benzene rings is 2. The first-order chi connectivity index (χ1) is 11.9. The number of anilines is 2. The number of carbonyl (C=O) groups excluding carboxylic acids is 2. The smallest absolute Gasteiger partial charge is 0.280 e. The van der Waals surface area contributed by atoms with E-state index in [-0.39, 0.29) is 5.02 Å². The zero-order valence-corrected chi connectivity index (χ0v) is 15.2. The number of amides is 2. The third-order valence-corrected chi connectivity index (χ3v) is 4.89. The van der Waals surface area contributed by atoms with Gasteiger partial charge in [-0.15, -0.1) is 0 Å². The van der Waals surface area contributed by atoms with E-state index in [1.807, 2.05) is 13.0 Å². The van der Waals surface area contributed by atoms with E-state index >= 15 is 0 Å². The zero-order valence-electron chi connectivity index (χ0n) is 13.7. The summed E-state index contributed by atoms with van der Waals surface area (Å²) in [6.07, 6.45) is 0. The van der Waals surface area contributed by atoms with Gasteiger partial charge < -0.3 is 15.0 Å². The molecule has 0 aliphatic carbocycles. The maximum Gasteiger partial charge on any atom is 0.280 e. The van der Waals surface area contributed by atoms with Crippen LogP contribution in [0.25, 0.3) is 0 Å². The van der Waals surface area contributed by atoms with Gasteiger partial charge in [0.25, 0.3) is 17.4 Å². The number of hydrogen-bond acceptors (Lipinski definition) is 3. The third kappa shape index (κ3) is 2.94. The molecule has 0 radical (unpaired) electrons. The largest absolute Gasteiger partial charge is 0.465 e. The summed E-state index contributed by atoms with van der Waals surface area (Å²) in [5, 5.41) is 3.15. The normalized spacial score (nSPS) is 19.2. The summed E-state index contributed by atoms with van der Waals surface area (Å²) < 4.78 is 5.79. The lowest BCUT2D eigenvalue weighted by Crippen LogP contribution is -2.60. The predicted octanol–water partition coefficient (Wildman–Crippen LogP) is 4.14. The van der Waals surface area contributed by atoms with Crippen LogP contribution in [0.15, 0.2) is 42.5 Å². The lowest BCUT2D eigenvalue weighted by Gasteiger charge is -2.39. The highest BCUT2D eigenvalue weighted by atomic mass is 35.5. The van der Waals surface area contributed by atoms with Crippen molar-refractivity contribution in [2.75, 3.05) is 16.8 Å². The van der Waals surface area contributed by atoms with Crippen LogP contribution in [0.5, 0.6) is 5.75 Å². The Bertz CT molecular complexity index is 856. The van der Waals surface area contributed by atoms with E-state index in [1.54, 1.807) is 36.4 Å². The second kappa shape index (κ2) is 6.58. The second-order valence-electron chi connectivity index (χ2n) is 5.71. The maximum absolute atomic E-state index is 12.9. The number of para-hydroxylation sites is 2. The fraction of sp³-hybridized carbons (Fsp3) is 0.222. The number of carbonyl (C=O) groups is 2. The van der Waals surface area contributed by atoms with Crippen molar-refractivity contribution in [1.29, 1.82) is 0 Å². The Morgan fingerprint density at radius 3 is 2.64 bits per heavy atom. The molecule has 1 heterocycles. The molecule has 2 aromatic carbocycles. The van der Waals surface area contributed by atoms with Gasteiger partial charge in [-0.1, -0.05) is 41.4 Å². The van der Waals surface area contributed by atoms with Crippen molar-refractivity contribution in [3.63, 3.8) is 0 Å². The molecule has 0 bridgehead atoms. The molecule has 3 rings (SSSR count). The molecule has 1 aliphatic rings. The predicted molar refractivity (Wildman–Crippen MR) is 98.6 cm³/mol. The Labute approximate surface area is 155 Å². The van der Waals surface area contributed by atoms with Crippen molar-refractivity contribution in [1.82, 2.24) is 0 Å². The third-order valence-electron chi connectivity index (χ3n) is 4.07. The summed E-state index contributed by atoms with van der Waals surface area (Å²) in [6, 6.07) is 12.0. The Hall–Kier alpha value is -2.24. The molecule has 0 saturated heterocycles. The Balaban J connectivity index is 1.96. The van der Waals surface area contributed by atoms with Gasteiger partial charge in [0.1, 0.15) is 5.75 Å². The van der Waals surface area contributed by atoms with Crippen LogP contribution < -0.4 is 15.0 Å². The van der Waals surface area contributed by atoms with Gasteiger partial charge in [0, 0.05) is 6.54 Å². The number of hydrogen-bond donors (Lipinski definition) is 1. The van der Waals surface area contributed by atoms with Crippen LogP contribution in [0.2, 0.25) is 10.0 Å². The summed E-state index contributed by atoms with van der Waals surface area (Å²) in [6.45, 7) is 3.70. The minimum absolute atomic E-state index is 0.206. The van der Waals surface area contributed by atoms with E-state index in [0.717, 1.165) is 0 Å². The van der Waals surface area contributed by atoms with Crippen molar-refractivity contribution in [2.24, 2.45) is 0 Å². The molecular formula is C18H16Cl2N2O3. The Morgan fingerprint density at radius 1 is 1.20 bits per heavy atom. The lowest BCUT2D eigenvalue weighted by atomic mass is 9.99. The second-order valence-corrected chi connectivity index (χ2v) is 6.49. The summed E-state index contributed by atoms with van der Waals surface area (Å²) in [4.78, 5) is 27.3. The fourth-order valence-electron chi connectivity index (χ4n) is 2.70. The SMILES string of the molecule is CCN1C(=O)C(C)(C(=O)Nc2cccc(Cl)c2Cl)Oc2ccccc21. The zero-order chi connectivity index (χ0) is 18.2. The van der Waals surface area contributed by atoms with Crippen LogP contribution in [0.1, 0.15) is 13.8 Å². The average molecular weight is 379 g/mol. The molecule has 2 aromatic rings. The number of likely N-dealkylation sites (N-methyl/N-ethyl adjacent to an activating group) is 1. The summed E-state index contributed by atoms with van der Waals surface area (Å²) in [7, 11) is 0. The van der Waals surface area contributed by atoms with E-state index in [9.17, 15) is 9.59 Å². The van der Waals surface area contributed by atoms with Gasteiger partial charge in [0.05, 0.1) is 21.4 Å². The lowest BCUT2D eigenvalue weighted by molar-refractivity contribution is -0.145. The quantitative estimate of drug-likeness (QED) is 0.816. The summed E-state index contributed by atoms with van der Waals surface area (Å²) in [5.41, 5.74) is -0.754. The Morgan fingerprint density at radius 2 is 1.92 bits per heavy atom. The molecule has 1 N–H and O–H groups in total. The number of rotatable bonds is 3. The first-order valence-corrected chi connectivity index (χ1v) is 8.49. The van der Waals surface area contributed by atoms with Crippen LogP contribution in [-0.4, -0.2) is 24.0 Å². The van der Waals surface area contributed by atoms with Crippen molar-refractivity contribution in [3.05, 3.63) is 52.5 Å². The highest BCUT2D eigenvalue weighted by molar-refractivity contribution is 6.44. The molecule has 2 amide bonds. The van der Waals surface area contributed by atoms with Crippen molar-refractivity contribution in [3.8, 4) is 5.75 Å². The molecule has 0 spiro atoms. The van der Waals surface area contributed by atoms with E-state index in [2.05, 4.69) is 5.32 Å². The van der Waals surface area contributed by atoms with Gasteiger partial charge in [-0.05, 0) is 38.1 Å². The minimum Gasteiger partial charge on any atom is -0.465 e. The molecular weight excluding hydrogens is 363 g/mol. The van der Waals surface area contributed by atoms with Crippen molar-refractivity contribution < 1.29 is 14.3 Å². The van der Waals surface area contributed by atoms with Crippen LogP contribution in [0, 0.1) is 0 Å². The first kappa shape index (κ1) is 17.6. The van der Waals surface area contributed by atoms with Gasteiger partial charge >= 0.3 is 0 Å². The van der Waals surface area contributed by atoms with Gasteiger partial charge in [-0.2, -0.15) is 0 Å². The summed E-state index contributed by atoms with van der Waals surface area (Å²) >= 11 is 12.1. The van der Waals surface area contributed by atoms with Gasteiger partial charge in [0.15, 0.2) is 0 Å². The van der Waals surface area contributed by atoms with E-state index in [1.165, 1.54) is 11.8 Å². The van der Waals surface area contributed by atoms with Crippen LogP contribution >= 0.6 is 23.2 Å². The number of halogens is 2. The van der Waals surface area contributed by atoms with E-state index in [4.69, 9.17) is 27.9 Å². The maximum atomic E-state index is 12.9. The van der Waals surface area contributed by atoms with E-state index < -0.39 is 17.4 Å². The molecule has 130 valence electrons. The van der Waals surface area contributed by atoms with Crippen LogP contribution in [0.3, 0.4) is 0 Å². The van der Waals surface area contributed by atoms with Crippen LogP contribution in [0.4, 0.5) is 11.4 Å².